The maximum Gasteiger partial charge on any atom is 0.344 e. The topological polar surface area (TPSA) is 83.0 Å². The molecule has 0 spiro atoms. The highest BCUT2D eigenvalue weighted by Crippen LogP contribution is 2.32. The van der Waals surface area contributed by atoms with E-state index in [4.69, 9.17) is 22.1 Å². The van der Waals surface area contributed by atoms with E-state index in [1.54, 1.807) is 4.57 Å². The van der Waals surface area contributed by atoms with E-state index >= 15 is 0 Å². The molecule has 32 heavy (non-hydrogen) atoms. The number of rotatable bonds is 8. The number of benzene rings is 2. The molecule has 0 aliphatic heterocycles. The van der Waals surface area contributed by atoms with Crippen molar-refractivity contribution in [2.24, 2.45) is 0 Å². The molecular formula is C24H24ClFN4O2. The Morgan fingerprint density at radius 2 is 1.81 bits per heavy atom. The average Bonchev–Trinajstić information content (AvgIpc) is 3.07. The summed E-state index contributed by atoms with van der Waals surface area (Å²) in [7, 11) is 0. The van der Waals surface area contributed by atoms with E-state index in [0.717, 1.165) is 32.1 Å². The molecule has 0 aliphatic carbocycles. The first kappa shape index (κ1) is 22.0. The van der Waals surface area contributed by atoms with E-state index in [9.17, 15) is 9.18 Å². The normalized spacial score (nSPS) is 11.3. The number of hydrogen-bond acceptors (Lipinski definition) is 5. The van der Waals surface area contributed by atoms with Gasteiger partial charge in [0.25, 0.3) is 0 Å². The lowest BCUT2D eigenvalue weighted by molar-refractivity contribution is 0.0501. The largest absolute Gasteiger partial charge is 0.462 e. The van der Waals surface area contributed by atoms with Gasteiger partial charge in [0.05, 0.1) is 28.4 Å². The van der Waals surface area contributed by atoms with Gasteiger partial charge >= 0.3 is 5.97 Å². The lowest BCUT2D eigenvalue weighted by atomic mass is 10.2. The van der Waals surface area contributed by atoms with E-state index in [1.807, 2.05) is 24.3 Å². The summed E-state index contributed by atoms with van der Waals surface area (Å²) in [5.74, 6) is -0.988. The van der Waals surface area contributed by atoms with Crippen LogP contribution in [0, 0.1) is 5.82 Å². The van der Waals surface area contributed by atoms with Gasteiger partial charge in [0.1, 0.15) is 22.7 Å². The predicted octanol–water partition coefficient (Wildman–Crippen LogP) is 6.08. The van der Waals surface area contributed by atoms with Crippen LogP contribution >= 0.6 is 11.6 Å². The van der Waals surface area contributed by atoms with Crippen molar-refractivity contribution in [1.82, 2.24) is 14.5 Å². The Labute approximate surface area is 190 Å². The van der Waals surface area contributed by atoms with Crippen LogP contribution in [0.3, 0.4) is 0 Å². The van der Waals surface area contributed by atoms with Gasteiger partial charge in [-0.3, -0.25) is 4.57 Å². The van der Waals surface area contributed by atoms with E-state index in [1.165, 1.54) is 18.2 Å². The molecule has 2 aromatic heterocycles. The highest BCUT2D eigenvalue weighted by molar-refractivity contribution is 6.31. The first-order chi connectivity index (χ1) is 15.5. The number of esters is 1. The maximum absolute atomic E-state index is 13.7. The average molecular weight is 455 g/mol. The molecule has 166 valence electrons. The van der Waals surface area contributed by atoms with Crippen LogP contribution in [0.1, 0.15) is 49.4 Å². The van der Waals surface area contributed by atoms with Crippen molar-refractivity contribution in [2.75, 3.05) is 12.3 Å². The second-order valence-corrected chi connectivity index (χ2v) is 8.04. The summed E-state index contributed by atoms with van der Waals surface area (Å²) in [6.45, 7) is 2.45. The minimum Gasteiger partial charge on any atom is -0.462 e. The van der Waals surface area contributed by atoms with Crippen molar-refractivity contribution in [3.05, 3.63) is 58.9 Å². The minimum absolute atomic E-state index is 0.0614. The SMILES string of the molecule is CCCCCCCOC(=O)c1c(N)n(-c2ccc(F)c(Cl)c2)c2nc3ccccc3nc12. The number of aromatic nitrogens is 3. The molecule has 0 atom stereocenters. The summed E-state index contributed by atoms with van der Waals surface area (Å²) < 4.78 is 20.8. The molecule has 0 aliphatic rings. The van der Waals surface area contributed by atoms with Crippen molar-refractivity contribution in [3.63, 3.8) is 0 Å². The van der Waals surface area contributed by atoms with E-state index in [2.05, 4.69) is 16.9 Å². The van der Waals surface area contributed by atoms with Gasteiger partial charge in [0.2, 0.25) is 0 Å². The van der Waals surface area contributed by atoms with Crippen LogP contribution in [0.5, 0.6) is 0 Å². The first-order valence-electron chi connectivity index (χ1n) is 10.7. The van der Waals surface area contributed by atoms with Crippen LogP contribution in [0.2, 0.25) is 5.02 Å². The molecule has 8 heteroatoms. The molecule has 4 rings (SSSR count). The molecule has 0 amide bonds. The number of ether oxygens (including phenoxy) is 1. The number of nitrogen functional groups attached to an aromatic ring is 1. The van der Waals surface area contributed by atoms with Crippen LogP contribution in [0.4, 0.5) is 10.2 Å². The number of anilines is 1. The van der Waals surface area contributed by atoms with Gasteiger partial charge in [0.15, 0.2) is 5.65 Å². The Balaban J connectivity index is 1.78. The third-order valence-corrected chi connectivity index (χ3v) is 5.63. The van der Waals surface area contributed by atoms with Gasteiger partial charge in [-0.25, -0.2) is 19.2 Å². The molecule has 0 saturated carbocycles. The zero-order chi connectivity index (χ0) is 22.7. The van der Waals surface area contributed by atoms with Gasteiger partial charge < -0.3 is 10.5 Å². The summed E-state index contributed by atoms with van der Waals surface area (Å²) >= 11 is 6.00. The zero-order valence-corrected chi connectivity index (χ0v) is 18.5. The minimum atomic E-state index is -0.556. The summed E-state index contributed by atoms with van der Waals surface area (Å²) in [6.07, 6.45) is 5.20. The molecule has 0 saturated heterocycles. The Kier molecular flexibility index (Phi) is 6.55. The lowest BCUT2D eigenvalue weighted by Gasteiger charge is -2.09. The fraction of sp³-hybridized carbons (Fsp3) is 0.292. The summed E-state index contributed by atoms with van der Waals surface area (Å²) in [6, 6.07) is 11.5. The van der Waals surface area contributed by atoms with Gasteiger partial charge in [-0.1, -0.05) is 56.3 Å². The van der Waals surface area contributed by atoms with E-state index in [-0.39, 0.29) is 16.4 Å². The van der Waals surface area contributed by atoms with E-state index < -0.39 is 11.8 Å². The highest BCUT2D eigenvalue weighted by Gasteiger charge is 2.26. The Bertz CT molecular complexity index is 1290. The van der Waals surface area contributed by atoms with Crippen molar-refractivity contribution in [2.45, 2.75) is 39.0 Å². The Morgan fingerprint density at radius 1 is 1.09 bits per heavy atom. The summed E-state index contributed by atoms with van der Waals surface area (Å²) in [5, 5.41) is -0.0614. The molecule has 4 aromatic rings. The van der Waals surface area contributed by atoms with Crippen molar-refractivity contribution < 1.29 is 13.9 Å². The monoisotopic (exact) mass is 454 g/mol. The molecule has 0 fully saturated rings. The van der Waals surface area contributed by atoms with Crippen LogP contribution in [-0.4, -0.2) is 27.1 Å². The molecule has 2 N–H and O–H groups in total. The number of halogens is 2. The number of carbonyl (C=O) groups is 1. The Hall–Kier alpha value is -3.19. The molecular weight excluding hydrogens is 431 g/mol. The number of unbranched alkanes of at least 4 members (excludes halogenated alkanes) is 4. The number of nitrogens with two attached hydrogens (primary N) is 1. The van der Waals surface area contributed by atoms with E-state index in [0.29, 0.717) is 34.5 Å². The molecule has 2 heterocycles. The number of nitrogens with zero attached hydrogens (tertiary/aromatic N) is 3. The Morgan fingerprint density at radius 3 is 2.53 bits per heavy atom. The second kappa shape index (κ2) is 9.53. The van der Waals surface area contributed by atoms with Gasteiger partial charge in [0, 0.05) is 0 Å². The third-order valence-electron chi connectivity index (χ3n) is 5.34. The fourth-order valence-electron chi connectivity index (χ4n) is 3.69. The molecule has 0 radical (unpaired) electrons. The third kappa shape index (κ3) is 4.25. The number of carbonyl (C=O) groups excluding carboxylic acids is 1. The van der Waals surface area contributed by atoms with Crippen molar-refractivity contribution >= 4 is 45.6 Å². The molecule has 2 aromatic carbocycles. The molecule has 6 nitrogen and oxygen atoms in total. The highest BCUT2D eigenvalue weighted by atomic mass is 35.5. The maximum atomic E-state index is 13.7. The fourth-order valence-corrected chi connectivity index (χ4v) is 3.87. The van der Waals surface area contributed by atoms with Crippen LogP contribution in [0.25, 0.3) is 27.9 Å². The molecule has 0 unspecified atom stereocenters. The summed E-state index contributed by atoms with van der Waals surface area (Å²) in [5.41, 5.74) is 9.01. The second-order valence-electron chi connectivity index (χ2n) is 7.63. The quantitative estimate of drug-likeness (QED) is 0.258. The number of para-hydroxylation sites is 2. The van der Waals surface area contributed by atoms with Crippen LogP contribution < -0.4 is 5.73 Å². The number of fused-ring (bicyclic) bond motifs is 2. The van der Waals surface area contributed by atoms with Crippen LogP contribution in [-0.2, 0) is 4.74 Å². The standard InChI is InChI=1S/C24H24ClFN4O2/c1-2-3-4-5-8-13-32-24(31)20-21-23(29-19-10-7-6-9-18(19)28-21)30(22(20)27)15-11-12-17(26)16(25)14-15/h6-7,9-12,14H,2-5,8,13,27H2,1H3. The van der Waals surface area contributed by atoms with Gasteiger partial charge in [-0.2, -0.15) is 0 Å². The molecule has 0 bridgehead atoms. The van der Waals surface area contributed by atoms with Crippen LogP contribution in [0.15, 0.2) is 42.5 Å². The van der Waals surface area contributed by atoms with Crippen molar-refractivity contribution in [1.29, 1.82) is 0 Å². The number of hydrogen-bond donors (Lipinski definition) is 1. The lowest BCUT2D eigenvalue weighted by Crippen LogP contribution is -2.10. The predicted molar refractivity (Wildman–Crippen MR) is 125 cm³/mol. The smallest absolute Gasteiger partial charge is 0.344 e. The van der Waals surface area contributed by atoms with Gasteiger partial charge in [-0.05, 0) is 36.8 Å². The first-order valence-corrected chi connectivity index (χ1v) is 11.1. The van der Waals surface area contributed by atoms with Crippen molar-refractivity contribution in [3.8, 4) is 5.69 Å². The summed E-state index contributed by atoms with van der Waals surface area (Å²) in [4.78, 5) is 22.3. The zero-order valence-electron chi connectivity index (χ0n) is 17.8. The van der Waals surface area contributed by atoms with Gasteiger partial charge in [-0.15, -0.1) is 0 Å².